The van der Waals surface area contributed by atoms with Crippen molar-refractivity contribution >= 4 is 51.4 Å². The lowest BCUT2D eigenvalue weighted by atomic mass is 10.0. The number of aromatic nitrogens is 4. The number of aryl methyl sites for hydroxylation is 1. The zero-order chi connectivity index (χ0) is 23.1. The molecule has 0 spiro atoms. The number of amides is 1. The van der Waals surface area contributed by atoms with Crippen molar-refractivity contribution < 1.29 is 4.79 Å². The Morgan fingerprint density at radius 2 is 2.00 bits per heavy atom. The summed E-state index contributed by atoms with van der Waals surface area (Å²) in [5.74, 6) is 2.78. The number of carbonyl (C=O) groups excluding carboxylic acids is 1. The first-order chi connectivity index (χ1) is 16.6. The molecular formula is C24H28ClN7OS. The van der Waals surface area contributed by atoms with Crippen LogP contribution in [0.25, 0.3) is 0 Å². The normalized spacial score (nSPS) is 20.1. The number of rotatable bonds is 6. The molecule has 8 nitrogen and oxygen atoms in total. The fourth-order valence-corrected chi connectivity index (χ4v) is 6.43. The third-order valence-electron chi connectivity index (χ3n) is 7.19. The van der Waals surface area contributed by atoms with Gasteiger partial charge in [0.1, 0.15) is 11.9 Å². The van der Waals surface area contributed by atoms with Crippen molar-refractivity contribution in [3.8, 4) is 0 Å². The molecule has 2 fully saturated rings. The summed E-state index contributed by atoms with van der Waals surface area (Å²) in [5, 5.41) is 15.0. The molecule has 34 heavy (non-hydrogen) atoms. The lowest BCUT2D eigenvalue weighted by molar-refractivity contribution is -0.117. The predicted molar refractivity (Wildman–Crippen MR) is 135 cm³/mol. The average molecular weight is 498 g/mol. The summed E-state index contributed by atoms with van der Waals surface area (Å²) >= 11 is 7.39. The smallest absolute Gasteiger partial charge is 0.247 e. The van der Waals surface area contributed by atoms with Crippen LogP contribution < -0.4 is 15.5 Å². The van der Waals surface area contributed by atoms with Crippen LogP contribution in [0, 0.1) is 0 Å². The Morgan fingerprint density at radius 1 is 1.12 bits per heavy atom. The van der Waals surface area contributed by atoms with Gasteiger partial charge < -0.3 is 15.5 Å². The minimum absolute atomic E-state index is 0.0388. The minimum atomic E-state index is -0.299. The summed E-state index contributed by atoms with van der Waals surface area (Å²) < 4.78 is 0.658. The molecule has 1 atom stereocenters. The first-order valence-corrected chi connectivity index (χ1v) is 13.4. The molecule has 0 aromatic carbocycles. The first-order valence-electron chi connectivity index (χ1n) is 12.2. The highest BCUT2D eigenvalue weighted by atomic mass is 35.5. The van der Waals surface area contributed by atoms with Gasteiger partial charge in [-0.15, -0.1) is 11.3 Å². The van der Waals surface area contributed by atoms with Crippen LogP contribution in [-0.4, -0.2) is 38.7 Å². The molecule has 1 saturated heterocycles. The number of thiophene rings is 1. The van der Waals surface area contributed by atoms with Gasteiger partial charge in [0.2, 0.25) is 11.9 Å². The number of nitrogens with zero attached hydrogens (tertiary/aromatic N) is 4. The van der Waals surface area contributed by atoms with Gasteiger partial charge in [0, 0.05) is 29.8 Å². The van der Waals surface area contributed by atoms with E-state index in [1.807, 2.05) is 11.0 Å². The van der Waals surface area contributed by atoms with E-state index in [4.69, 9.17) is 21.6 Å². The highest BCUT2D eigenvalue weighted by Crippen LogP contribution is 2.36. The molecular weight excluding hydrogens is 470 g/mol. The summed E-state index contributed by atoms with van der Waals surface area (Å²) in [6, 6.07) is 5.45. The fraction of sp³-hybridized carbons (Fsp3) is 0.500. The number of anilines is 4. The van der Waals surface area contributed by atoms with Crippen LogP contribution in [0.15, 0.2) is 18.2 Å². The molecule has 3 aliphatic rings. The number of halogens is 1. The molecule has 4 heterocycles. The van der Waals surface area contributed by atoms with Crippen LogP contribution in [0.3, 0.4) is 0 Å². The second-order valence-electron chi connectivity index (χ2n) is 9.41. The summed E-state index contributed by atoms with van der Waals surface area (Å²) in [6.07, 6.45) is 9.70. The predicted octanol–water partition coefficient (Wildman–Crippen LogP) is 5.41. The third-order valence-corrected chi connectivity index (χ3v) is 8.34. The second-order valence-corrected chi connectivity index (χ2v) is 11.1. The molecule has 0 radical (unpaired) electrons. The van der Waals surface area contributed by atoms with E-state index in [0.717, 1.165) is 61.0 Å². The molecule has 1 aliphatic heterocycles. The third kappa shape index (κ3) is 4.27. The molecule has 0 unspecified atom stereocenters. The first kappa shape index (κ1) is 21.9. The van der Waals surface area contributed by atoms with Gasteiger partial charge in [-0.3, -0.25) is 9.89 Å². The topological polar surface area (TPSA) is 98.8 Å². The maximum Gasteiger partial charge on any atom is 0.247 e. The molecule has 10 heteroatoms. The monoisotopic (exact) mass is 497 g/mol. The van der Waals surface area contributed by atoms with Crippen LogP contribution >= 0.6 is 22.9 Å². The zero-order valence-electron chi connectivity index (χ0n) is 18.9. The standard InChI is InChI=1S/C24H28ClN7OS/c25-19-10-11-21(34-19)28-23(33)18-9-4-12-32(18)24-26-16-8-3-7-15(16)22(29-24)27-20-13-17(30-31-20)14-5-1-2-6-14/h10-11,13-14,18H,1-9,12H2,(H,28,33)(H2,26,27,29,30,31)/t18-/m1/s1. The van der Waals surface area contributed by atoms with Gasteiger partial charge in [-0.25, -0.2) is 4.98 Å². The van der Waals surface area contributed by atoms with Crippen molar-refractivity contribution in [2.75, 3.05) is 22.1 Å². The Kier molecular flexibility index (Phi) is 5.90. The van der Waals surface area contributed by atoms with Crippen molar-refractivity contribution in [3.05, 3.63) is 39.5 Å². The van der Waals surface area contributed by atoms with E-state index in [1.54, 1.807) is 6.07 Å². The Hall–Kier alpha value is -2.65. The van der Waals surface area contributed by atoms with Crippen LogP contribution in [-0.2, 0) is 17.6 Å². The van der Waals surface area contributed by atoms with Crippen molar-refractivity contribution in [3.63, 3.8) is 0 Å². The SMILES string of the molecule is O=C(Nc1ccc(Cl)s1)[C@H]1CCCN1c1nc2c(c(Nc3cc(C4CCCC4)[nH]n3)n1)CCC2. The van der Waals surface area contributed by atoms with Gasteiger partial charge in [0.25, 0.3) is 0 Å². The Bertz CT molecular complexity index is 1200. The molecule has 1 amide bonds. The molecule has 3 aromatic heterocycles. The highest BCUT2D eigenvalue weighted by molar-refractivity contribution is 7.20. The number of aromatic amines is 1. The maximum atomic E-state index is 13.1. The van der Waals surface area contributed by atoms with Gasteiger partial charge in [0.15, 0.2) is 5.82 Å². The van der Waals surface area contributed by atoms with Gasteiger partial charge >= 0.3 is 0 Å². The summed E-state index contributed by atoms with van der Waals surface area (Å²) in [4.78, 5) is 24.9. The van der Waals surface area contributed by atoms with Crippen LogP contribution in [0.5, 0.6) is 0 Å². The lowest BCUT2D eigenvalue weighted by Crippen LogP contribution is -2.40. The Labute approximate surface area is 207 Å². The quantitative estimate of drug-likeness (QED) is 0.421. The van der Waals surface area contributed by atoms with E-state index in [2.05, 4.69) is 26.9 Å². The maximum absolute atomic E-state index is 13.1. The van der Waals surface area contributed by atoms with Gasteiger partial charge in [0.05, 0.1) is 15.0 Å². The lowest BCUT2D eigenvalue weighted by Gasteiger charge is -2.25. The molecule has 3 N–H and O–H groups in total. The minimum Gasteiger partial charge on any atom is -0.329 e. The molecule has 1 saturated carbocycles. The van der Waals surface area contributed by atoms with Gasteiger partial charge in [-0.1, -0.05) is 24.4 Å². The van der Waals surface area contributed by atoms with Crippen LogP contribution in [0.2, 0.25) is 4.34 Å². The van der Waals surface area contributed by atoms with Gasteiger partial charge in [-0.2, -0.15) is 10.1 Å². The van der Waals surface area contributed by atoms with Crippen molar-refractivity contribution in [1.82, 2.24) is 20.2 Å². The van der Waals surface area contributed by atoms with Crippen molar-refractivity contribution in [1.29, 1.82) is 0 Å². The molecule has 3 aromatic rings. The van der Waals surface area contributed by atoms with E-state index in [-0.39, 0.29) is 11.9 Å². The molecule has 6 rings (SSSR count). The Balaban J connectivity index is 1.25. The van der Waals surface area contributed by atoms with Gasteiger partial charge in [-0.05, 0) is 57.1 Å². The number of H-pyrrole nitrogens is 1. The fourth-order valence-electron chi connectivity index (χ4n) is 5.48. The summed E-state index contributed by atoms with van der Waals surface area (Å²) in [6.45, 7) is 0.760. The van der Waals surface area contributed by atoms with E-state index >= 15 is 0 Å². The Morgan fingerprint density at radius 3 is 2.82 bits per heavy atom. The van der Waals surface area contributed by atoms with E-state index in [9.17, 15) is 4.79 Å². The van der Waals surface area contributed by atoms with Crippen LogP contribution in [0.1, 0.15) is 67.8 Å². The van der Waals surface area contributed by atoms with E-state index in [1.165, 1.54) is 48.3 Å². The number of carbonyl (C=O) groups is 1. The summed E-state index contributed by atoms with van der Waals surface area (Å²) in [5.41, 5.74) is 3.45. The highest BCUT2D eigenvalue weighted by Gasteiger charge is 2.34. The van der Waals surface area contributed by atoms with E-state index in [0.29, 0.717) is 16.2 Å². The zero-order valence-corrected chi connectivity index (χ0v) is 20.5. The van der Waals surface area contributed by atoms with E-state index < -0.39 is 0 Å². The largest absolute Gasteiger partial charge is 0.329 e. The van der Waals surface area contributed by atoms with Crippen LogP contribution in [0.4, 0.5) is 22.6 Å². The number of hydrogen-bond acceptors (Lipinski definition) is 7. The number of hydrogen-bond donors (Lipinski definition) is 3. The number of nitrogens with one attached hydrogen (secondary N) is 3. The second kappa shape index (κ2) is 9.19. The average Bonchev–Trinajstić information content (AvgIpc) is 3.64. The van der Waals surface area contributed by atoms with Crippen molar-refractivity contribution in [2.45, 2.75) is 69.7 Å². The van der Waals surface area contributed by atoms with Crippen molar-refractivity contribution in [2.24, 2.45) is 0 Å². The molecule has 178 valence electrons. The molecule has 2 aliphatic carbocycles. The number of fused-ring (bicyclic) bond motifs is 1. The molecule has 0 bridgehead atoms. The summed E-state index contributed by atoms with van der Waals surface area (Å²) in [7, 11) is 0.